The topological polar surface area (TPSA) is 98.1 Å². The third kappa shape index (κ3) is 2.80. The number of carbonyl (C=O) groups is 1. The van der Waals surface area contributed by atoms with Crippen LogP contribution in [0, 0.1) is 16.5 Å². The smallest absolute Gasteiger partial charge is 0.518 e. The molecular weight excluding hydrogens is 360 g/mol. The highest BCUT2D eigenvalue weighted by atomic mass is 79.9. The molecule has 1 N–H and O–H groups in total. The maximum absolute atomic E-state index is 13.0. The molecule has 21 heavy (non-hydrogen) atoms. The molecule has 0 spiro atoms. The van der Waals surface area contributed by atoms with E-state index in [4.69, 9.17) is 4.74 Å². The van der Waals surface area contributed by atoms with Gasteiger partial charge in [0.05, 0.1) is 11.5 Å². The van der Waals surface area contributed by atoms with E-state index in [9.17, 15) is 15.3 Å². The lowest BCUT2D eigenvalue weighted by atomic mass is 10.0. The Hall–Kier alpha value is -1.47. The van der Waals surface area contributed by atoms with E-state index >= 15 is 0 Å². The first kappa shape index (κ1) is 15.9. The van der Waals surface area contributed by atoms with Crippen molar-refractivity contribution in [2.75, 3.05) is 13.3 Å². The first-order valence-corrected chi connectivity index (χ1v) is 7.77. The van der Waals surface area contributed by atoms with Gasteiger partial charge in [-0.05, 0) is 29.8 Å². The molecule has 0 saturated heterocycles. The second-order valence-electron chi connectivity index (χ2n) is 4.40. The maximum atomic E-state index is 13.0. The quantitative estimate of drug-likeness (QED) is 0.632. The third-order valence-electron chi connectivity index (χ3n) is 3.14. The number of allylic oxidation sites excluding steroid dienone is 1. The van der Waals surface area contributed by atoms with Gasteiger partial charge in [-0.2, -0.15) is 10.1 Å². The predicted molar refractivity (Wildman–Crippen MR) is 79.5 cm³/mol. The fourth-order valence-corrected chi connectivity index (χ4v) is 3.59. The molecule has 0 saturated carbocycles. The van der Waals surface area contributed by atoms with Crippen LogP contribution >= 0.6 is 27.3 Å². The zero-order valence-corrected chi connectivity index (χ0v) is 13.8. The molecule has 2 heterocycles. The SMILES string of the molecule is CCOC(=O)[N+]1([O-])CNC(C)=C(C#N)C1c1cnc(Br)s1. The number of aromatic nitrogens is 1. The van der Waals surface area contributed by atoms with Crippen molar-refractivity contribution >= 4 is 33.4 Å². The van der Waals surface area contributed by atoms with E-state index in [0.717, 1.165) is 0 Å². The van der Waals surface area contributed by atoms with Crippen LogP contribution in [0.5, 0.6) is 0 Å². The molecule has 0 fully saturated rings. The van der Waals surface area contributed by atoms with E-state index in [1.165, 1.54) is 17.5 Å². The highest BCUT2D eigenvalue weighted by molar-refractivity contribution is 9.11. The van der Waals surface area contributed by atoms with Crippen LogP contribution in [-0.4, -0.2) is 29.0 Å². The molecule has 2 unspecified atom stereocenters. The van der Waals surface area contributed by atoms with Crippen LogP contribution in [0.3, 0.4) is 0 Å². The number of halogens is 1. The molecule has 0 aromatic carbocycles. The van der Waals surface area contributed by atoms with E-state index in [-0.39, 0.29) is 18.8 Å². The van der Waals surface area contributed by atoms with Crippen molar-refractivity contribution in [1.82, 2.24) is 10.3 Å². The van der Waals surface area contributed by atoms with Gasteiger partial charge in [-0.3, -0.25) is 0 Å². The van der Waals surface area contributed by atoms with E-state index < -0.39 is 16.8 Å². The molecule has 7 nitrogen and oxygen atoms in total. The lowest BCUT2D eigenvalue weighted by Crippen LogP contribution is -2.58. The maximum Gasteiger partial charge on any atom is 0.518 e. The van der Waals surface area contributed by atoms with Crippen LogP contribution in [-0.2, 0) is 4.74 Å². The van der Waals surface area contributed by atoms with Crippen LogP contribution < -0.4 is 5.32 Å². The lowest BCUT2D eigenvalue weighted by Gasteiger charge is -2.46. The first-order chi connectivity index (χ1) is 9.93. The Balaban J connectivity index is 2.55. The Morgan fingerprint density at radius 3 is 3.05 bits per heavy atom. The Morgan fingerprint density at radius 2 is 2.52 bits per heavy atom. The normalized spacial score (nSPS) is 25.2. The van der Waals surface area contributed by atoms with Gasteiger partial charge in [0.25, 0.3) is 0 Å². The fourth-order valence-electron chi connectivity index (χ4n) is 2.12. The van der Waals surface area contributed by atoms with Gasteiger partial charge in [0.1, 0.15) is 11.6 Å². The minimum Gasteiger partial charge on any atom is -0.620 e. The number of nitrogens with one attached hydrogen (secondary N) is 1. The Kier molecular flexibility index (Phi) is 4.63. The summed E-state index contributed by atoms with van der Waals surface area (Å²) >= 11 is 4.45. The van der Waals surface area contributed by atoms with Gasteiger partial charge < -0.3 is 15.3 Å². The second kappa shape index (κ2) is 6.11. The van der Waals surface area contributed by atoms with Crippen LogP contribution in [0.25, 0.3) is 0 Å². The number of carbonyl (C=O) groups excluding carboxylic acids is 1. The summed E-state index contributed by atoms with van der Waals surface area (Å²) in [6.07, 6.45) is 0.583. The first-order valence-electron chi connectivity index (χ1n) is 6.16. The minimum absolute atomic E-state index is 0.102. The third-order valence-corrected chi connectivity index (χ3v) is 4.66. The zero-order valence-electron chi connectivity index (χ0n) is 11.4. The van der Waals surface area contributed by atoms with Crippen molar-refractivity contribution < 1.29 is 14.2 Å². The van der Waals surface area contributed by atoms with Crippen molar-refractivity contribution in [3.63, 3.8) is 0 Å². The summed E-state index contributed by atoms with van der Waals surface area (Å²) in [6, 6.07) is 1.06. The number of hydrogen-bond donors (Lipinski definition) is 1. The molecule has 1 aliphatic heterocycles. The Bertz CT molecular complexity index is 639. The summed E-state index contributed by atoms with van der Waals surface area (Å²) in [6.45, 7) is 3.25. The Labute approximate surface area is 134 Å². The van der Waals surface area contributed by atoms with Crippen LogP contribution in [0.2, 0.25) is 0 Å². The molecular formula is C12H13BrN4O3S. The van der Waals surface area contributed by atoms with Crippen LogP contribution in [0.1, 0.15) is 24.8 Å². The number of ether oxygens (including phenoxy) is 1. The molecule has 1 amide bonds. The highest BCUT2D eigenvalue weighted by Gasteiger charge is 2.46. The van der Waals surface area contributed by atoms with Gasteiger partial charge in [-0.25, -0.2) is 9.63 Å². The number of rotatable bonds is 2. The molecule has 1 aromatic rings. The molecule has 0 aliphatic carbocycles. The number of nitrogens with zero attached hydrogens (tertiary/aromatic N) is 3. The van der Waals surface area contributed by atoms with Crippen LogP contribution in [0.15, 0.2) is 21.4 Å². The number of amides is 1. The van der Waals surface area contributed by atoms with E-state index in [1.807, 2.05) is 6.07 Å². The highest BCUT2D eigenvalue weighted by Crippen LogP contribution is 2.41. The number of thiazole rings is 1. The number of hydrogen-bond acceptors (Lipinski definition) is 7. The largest absolute Gasteiger partial charge is 0.620 e. The van der Waals surface area contributed by atoms with E-state index in [1.54, 1.807) is 13.8 Å². The fraction of sp³-hybridized carbons (Fsp3) is 0.417. The van der Waals surface area contributed by atoms with Crippen molar-refractivity contribution in [2.45, 2.75) is 19.9 Å². The van der Waals surface area contributed by atoms with Gasteiger partial charge in [-0.15, -0.1) is 11.3 Å². The summed E-state index contributed by atoms with van der Waals surface area (Å²) in [7, 11) is 0. The monoisotopic (exact) mass is 372 g/mol. The molecule has 2 atom stereocenters. The summed E-state index contributed by atoms with van der Waals surface area (Å²) < 4.78 is 4.17. The van der Waals surface area contributed by atoms with Gasteiger partial charge in [0.15, 0.2) is 16.6 Å². The number of hydroxylamine groups is 3. The summed E-state index contributed by atoms with van der Waals surface area (Å²) in [4.78, 5) is 16.7. The second-order valence-corrected chi connectivity index (χ2v) is 6.74. The molecule has 0 radical (unpaired) electrons. The number of nitriles is 1. The lowest BCUT2D eigenvalue weighted by molar-refractivity contribution is -0.838. The van der Waals surface area contributed by atoms with Gasteiger partial charge in [0, 0.05) is 11.9 Å². The van der Waals surface area contributed by atoms with Gasteiger partial charge in [0.2, 0.25) is 0 Å². The molecule has 0 bridgehead atoms. The molecule has 112 valence electrons. The van der Waals surface area contributed by atoms with Crippen molar-refractivity contribution in [2.24, 2.45) is 0 Å². The van der Waals surface area contributed by atoms with Gasteiger partial charge in [-0.1, -0.05) is 0 Å². The van der Waals surface area contributed by atoms with Crippen molar-refractivity contribution in [1.29, 1.82) is 5.26 Å². The zero-order chi connectivity index (χ0) is 15.6. The molecule has 1 aromatic heterocycles. The van der Waals surface area contributed by atoms with Crippen molar-refractivity contribution in [3.8, 4) is 6.07 Å². The van der Waals surface area contributed by atoms with E-state index in [2.05, 4.69) is 26.2 Å². The van der Waals surface area contributed by atoms with Crippen molar-refractivity contribution in [3.05, 3.63) is 31.5 Å². The van der Waals surface area contributed by atoms with Gasteiger partial charge >= 0.3 is 6.09 Å². The predicted octanol–water partition coefficient (Wildman–Crippen LogP) is 2.78. The molecule has 9 heteroatoms. The average Bonchev–Trinajstić information content (AvgIpc) is 2.87. The standard InChI is InChI=1S/C12H13BrN4O3S/c1-3-20-12(18)17(19)6-16-7(2)8(4-14)10(17)9-5-15-11(13)21-9/h5,10,16H,3,6H2,1-2H3. The Morgan fingerprint density at radius 1 is 1.81 bits per heavy atom. The number of quaternary nitrogens is 1. The summed E-state index contributed by atoms with van der Waals surface area (Å²) in [5.41, 5.74) is 0.807. The van der Waals surface area contributed by atoms with Crippen LogP contribution in [0.4, 0.5) is 4.79 Å². The molecule has 2 rings (SSSR count). The summed E-state index contributed by atoms with van der Waals surface area (Å²) in [5, 5.41) is 25.2. The average molecular weight is 373 g/mol. The van der Waals surface area contributed by atoms with E-state index in [0.29, 0.717) is 14.5 Å². The minimum atomic E-state index is -1.30. The molecule has 1 aliphatic rings. The summed E-state index contributed by atoms with van der Waals surface area (Å²) in [5.74, 6) is 0.